The molecule has 1 aliphatic rings. The molecule has 88 valence electrons. The summed E-state index contributed by atoms with van der Waals surface area (Å²) in [5.41, 5.74) is -3.88. The zero-order chi connectivity index (χ0) is 11.8. The Morgan fingerprint density at radius 1 is 1.07 bits per heavy atom. The summed E-state index contributed by atoms with van der Waals surface area (Å²) in [4.78, 5) is 10.3. The molecule has 1 aliphatic heterocycles. The van der Waals surface area contributed by atoms with Crippen molar-refractivity contribution in [3.05, 3.63) is 0 Å². The number of halogens is 6. The van der Waals surface area contributed by atoms with Crippen molar-refractivity contribution in [2.24, 2.45) is 0 Å². The van der Waals surface area contributed by atoms with Crippen molar-refractivity contribution in [3.8, 4) is 0 Å². The Morgan fingerprint density at radius 3 is 1.80 bits per heavy atom. The molecule has 0 aliphatic carbocycles. The predicted octanol–water partition coefficient (Wildman–Crippen LogP) is 2.06. The lowest BCUT2D eigenvalue weighted by Gasteiger charge is -2.28. The molecule has 1 unspecified atom stereocenters. The van der Waals surface area contributed by atoms with Crippen molar-refractivity contribution in [1.29, 1.82) is 0 Å². The van der Waals surface area contributed by atoms with Crippen LogP contribution < -0.4 is 0 Å². The van der Waals surface area contributed by atoms with Crippen LogP contribution in [0.25, 0.3) is 0 Å². The number of hydrogen-bond donors (Lipinski definition) is 0. The fraction of sp³-hybridized carbons (Fsp3) is 0.833. The van der Waals surface area contributed by atoms with Gasteiger partial charge in [-0.15, -0.1) is 0 Å². The second-order valence-electron chi connectivity index (χ2n) is 2.68. The molecule has 0 bridgehead atoms. The Hall–Kier alpha value is -1.15. The first-order chi connectivity index (χ1) is 6.82. The van der Waals surface area contributed by atoms with E-state index in [-0.39, 0.29) is 0 Å². The monoisotopic (exact) mass is 238 g/mol. The van der Waals surface area contributed by atoms with E-state index in [0.29, 0.717) is 0 Å². The van der Waals surface area contributed by atoms with Crippen LogP contribution in [0.1, 0.15) is 0 Å². The van der Waals surface area contributed by atoms with Gasteiger partial charge in [0.15, 0.2) is 0 Å². The minimum absolute atomic E-state index is 1.96. The molecule has 0 N–H and O–H groups in total. The van der Waals surface area contributed by atoms with E-state index in [1.807, 2.05) is 0 Å². The summed E-state index contributed by atoms with van der Waals surface area (Å²) in [5.74, 6) is 0. The number of ether oxygens (including phenoxy) is 2. The Kier molecular flexibility index (Phi) is 3.00. The SMILES string of the molecule is O=C1OC(C(F)F)C(C(F)F)(C(F)F)O1. The van der Waals surface area contributed by atoms with Gasteiger partial charge in [0.05, 0.1) is 0 Å². The Labute approximate surface area is 78.9 Å². The molecule has 0 amide bonds. The number of rotatable bonds is 3. The van der Waals surface area contributed by atoms with Gasteiger partial charge < -0.3 is 9.47 Å². The molecule has 0 aromatic heterocycles. The van der Waals surface area contributed by atoms with Crippen molar-refractivity contribution < 1.29 is 40.6 Å². The maximum absolute atomic E-state index is 12.3. The molecule has 1 fully saturated rings. The zero-order valence-corrected chi connectivity index (χ0v) is 6.80. The van der Waals surface area contributed by atoms with E-state index >= 15 is 0 Å². The highest BCUT2D eigenvalue weighted by molar-refractivity contribution is 5.64. The molecule has 1 rings (SSSR count). The molecule has 3 nitrogen and oxygen atoms in total. The molecule has 9 heteroatoms. The van der Waals surface area contributed by atoms with Crippen LogP contribution in [-0.4, -0.2) is 37.1 Å². The van der Waals surface area contributed by atoms with Gasteiger partial charge >= 0.3 is 6.16 Å². The minimum atomic E-state index is -3.97. The van der Waals surface area contributed by atoms with Crippen molar-refractivity contribution in [2.45, 2.75) is 31.0 Å². The van der Waals surface area contributed by atoms with E-state index in [1.165, 1.54) is 0 Å². The van der Waals surface area contributed by atoms with Crippen LogP contribution in [0.15, 0.2) is 0 Å². The normalized spacial score (nSPS) is 24.9. The van der Waals surface area contributed by atoms with E-state index in [0.717, 1.165) is 0 Å². The number of alkyl halides is 6. The average molecular weight is 238 g/mol. The third kappa shape index (κ3) is 1.70. The van der Waals surface area contributed by atoms with Gasteiger partial charge in [-0.25, -0.2) is 31.1 Å². The van der Waals surface area contributed by atoms with Gasteiger partial charge in [0, 0.05) is 0 Å². The maximum Gasteiger partial charge on any atom is 0.510 e. The number of carbonyl (C=O) groups excluding carboxylic acids is 1. The lowest BCUT2D eigenvalue weighted by molar-refractivity contribution is -0.197. The first-order valence-electron chi connectivity index (χ1n) is 3.56. The fourth-order valence-corrected chi connectivity index (χ4v) is 1.10. The summed E-state index contributed by atoms with van der Waals surface area (Å²) >= 11 is 0. The summed E-state index contributed by atoms with van der Waals surface area (Å²) in [5, 5.41) is 0. The molecule has 0 spiro atoms. The lowest BCUT2D eigenvalue weighted by Crippen LogP contribution is -2.55. The van der Waals surface area contributed by atoms with Crippen molar-refractivity contribution in [1.82, 2.24) is 0 Å². The quantitative estimate of drug-likeness (QED) is 0.557. The van der Waals surface area contributed by atoms with Crippen molar-refractivity contribution in [3.63, 3.8) is 0 Å². The number of carbonyl (C=O) groups is 1. The van der Waals surface area contributed by atoms with Crippen LogP contribution in [0.3, 0.4) is 0 Å². The van der Waals surface area contributed by atoms with Crippen LogP contribution in [0.5, 0.6) is 0 Å². The van der Waals surface area contributed by atoms with Crippen LogP contribution in [-0.2, 0) is 9.47 Å². The number of cyclic esters (lactones) is 2. The predicted molar refractivity (Wildman–Crippen MR) is 32.1 cm³/mol. The summed E-state index contributed by atoms with van der Waals surface area (Å²) in [6, 6.07) is 0. The summed E-state index contributed by atoms with van der Waals surface area (Å²) in [6.07, 6.45) is -16.5. The van der Waals surface area contributed by atoms with Crippen molar-refractivity contribution in [2.75, 3.05) is 0 Å². The van der Waals surface area contributed by atoms with Gasteiger partial charge in [-0.1, -0.05) is 0 Å². The first kappa shape index (κ1) is 11.9. The van der Waals surface area contributed by atoms with Crippen LogP contribution >= 0.6 is 0 Å². The molecular formula is C6H4F6O3. The average Bonchev–Trinajstić information content (AvgIpc) is 2.43. The van der Waals surface area contributed by atoms with E-state index in [4.69, 9.17) is 0 Å². The molecule has 15 heavy (non-hydrogen) atoms. The molecule has 1 saturated heterocycles. The number of hydrogen-bond acceptors (Lipinski definition) is 3. The smallest absolute Gasteiger partial charge is 0.420 e. The van der Waals surface area contributed by atoms with E-state index in [1.54, 1.807) is 0 Å². The van der Waals surface area contributed by atoms with Crippen LogP contribution in [0.4, 0.5) is 31.1 Å². The second kappa shape index (κ2) is 3.78. The standard InChI is InChI=1S/C6H4F6O3/c7-2(8)1-6(3(9)10,4(11)12)15-5(13)14-1/h1-4H. The first-order valence-corrected chi connectivity index (χ1v) is 3.56. The summed E-state index contributed by atoms with van der Waals surface area (Å²) in [6.45, 7) is 0. The summed E-state index contributed by atoms with van der Waals surface area (Å²) < 4.78 is 80.3. The zero-order valence-electron chi connectivity index (χ0n) is 6.80. The van der Waals surface area contributed by atoms with Gasteiger partial charge in [-0.05, 0) is 0 Å². The molecule has 0 aromatic rings. The van der Waals surface area contributed by atoms with Gasteiger partial charge in [0.25, 0.3) is 24.9 Å². The van der Waals surface area contributed by atoms with Gasteiger partial charge in [-0.3, -0.25) is 0 Å². The van der Waals surface area contributed by atoms with E-state index < -0.39 is 37.1 Å². The Morgan fingerprint density at radius 2 is 1.53 bits per heavy atom. The molecular weight excluding hydrogens is 234 g/mol. The van der Waals surface area contributed by atoms with Gasteiger partial charge in [0.1, 0.15) is 0 Å². The molecule has 0 saturated carbocycles. The van der Waals surface area contributed by atoms with Gasteiger partial charge in [-0.2, -0.15) is 0 Å². The highest BCUT2D eigenvalue weighted by Crippen LogP contribution is 2.40. The molecule has 1 heterocycles. The highest BCUT2D eigenvalue weighted by Gasteiger charge is 2.67. The Bertz CT molecular complexity index is 247. The van der Waals surface area contributed by atoms with Crippen molar-refractivity contribution >= 4 is 6.16 Å². The Balaban J connectivity index is 3.09. The third-order valence-electron chi connectivity index (χ3n) is 1.84. The van der Waals surface area contributed by atoms with E-state index in [9.17, 15) is 31.1 Å². The molecule has 1 atom stereocenters. The second-order valence-corrected chi connectivity index (χ2v) is 2.68. The maximum atomic E-state index is 12.3. The third-order valence-corrected chi connectivity index (χ3v) is 1.84. The largest absolute Gasteiger partial charge is 0.510 e. The highest BCUT2D eigenvalue weighted by atomic mass is 19.3. The van der Waals surface area contributed by atoms with E-state index in [2.05, 4.69) is 9.47 Å². The topological polar surface area (TPSA) is 35.5 Å². The minimum Gasteiger partial charge on any atom is -0.420 e. The molecule has 0 radical (unpaired) electrons. The summed E-state index contributed by atoms with van der Waals surface area (Å²) in [7, 11) is 0. The molecule has 0 aromatic carbocycles. The fourth-order valence-electron chi connectivity index (χ4n) is 1.10. The van der Waals surface area contributed by atoms with Gasteiger partial charge in [0.2, 0.25) is 6.10 Å². The lowest BCUT2D eigenvalue weighted by atomic mass is 9.98. The van der Waals surface area contributed by atoms with Crippen LogP contribution in [0, 0.1) is 0 Å². The van der Waals surface area contributed by atoms with Crippen LogP contribution in [0.2, 0.25) is 0 Å².